The molecule has 0 saturated carbocycles. The Hall–Kier alpha value is -2.06. The molecule has 4 rings (SSSR count). The molecule has 1 amide bonds. The largest absolute Gasteiger partial charge is 0.352 e. The molecule has 0 unspecified atom stereocenters. The summed E-state index contributed by atoms with van der Waals surface area (Å²) in [6.45, 7) is 1.38. The van der Waals surface area contributed by atoms with Gasteiger partial charge in [0.25, 0.3) is 5.91 Å². The van der Waals surface area contributed by atoms with Crippen molar-refractivity contribution in [3.8, 4) is 0 Å². The fourth-order valence-electron chi connectivity index (χ4n) is 3.55. The van der Waals surface area contributed by atoms with Gasteiger partial charge in [-0.15, -0.1) is 0 Å². The minimum atomic E-state index is 0.0497. The summed E-state index contributed by atoms with van der Waals surface area (Å²) in [6.07, 6.45) is 8.21. The summed E-state index contributed by atoms with van der Waals surface area (Å²) in [4.78, 5) is 28.3. The fourth-order valence-corrected chi connectivity index (χ4v) is 4.12. The summed E-state index contributed by atoms with van der Waals surface area (Å²) in [5.74, 6) is 0.619. The molecule has 8 heteroatoms. The maximum Gasteiger partial charge on any atom is 0.254 e. The van der Waals surface area contributed by atoms with Crippen molar-refractivity contribution in [1.82, 2.24) is 19.9 Å². The first kappa shape index (κ1) is 19.3. The number of carbonyl (C=O) groups is 1. The van der Waals surface area contributed by atoms with Crippen LogP contribution in [-0.2, 0) is 0 Å². The summed E-state index contributed by atoms with van der Waals surface area (Å²) in [5.41, 5.74) is 1.52. The number of carbonyl (C=O) groups excluding carboxylic acids is 1. The number of amides is 1. The van der Waals surface area contributed by atoms with E-state index in [0.717, 1.165) is 45.7 Å². The van der Waals surface area contributed by atoms with Crippen LogP contribution in [0.2, 0.25) is 0 Å². The zero-order valence-electron chi connectivity index (χ0n) is 15.1. The lowest BCUT2D eigenvalue weighted by molar-refractivity contribution is 0.0630. The van der Waals surface area contributed by atoms with E-state index in [1.54, 1.807) is 18.6 Å². The minimum Gasteiger partial charge on any atom is -0.352 e. The van der Waals surface area contributed by atoms with Crippen LogP contribution in [-0.4, -0.2) is 44.9 Å². The second-order valence-corrected chi connectivity index (χ2v) is 8.61. The predicted octanol–water partition coefficient (Wildman–Crippen LogP) is 4.66. The number of aromatic nitrogens is 3. The summed E-state index contributed by atoms with van der Waals surface area (Å²) in [7, 11) is 0. The predicted molar refractivity (Wildman–Crippen MR) is 116 cm³/mol. The van der Waals surface area contributed by atoms with Crippen LogP contribution in [0.1, 0.15) is 29.6 Å². The second kappa shape index (κ2) is 8.53. The zero-order valence-corrected chi connectivity index (χ0v) is 18.3. The van der Waals surface area contributed by atoms with E-state index in [1.165, 1.54) is 0 Å². The Balaban J connectivity index is 1.56. The number of rotatable bonds is 4. The lowest BCUT2D eigenvalue weighted by Crippen LogP contribution is -2.47. The Morgan fingerprint density at radius 3 is 2.75 bits per heavy atom. The number of nitrogens with zero attached hydrogens (tertiary/aromatic N) is 4. The monoisotopic (exact) mass is 503 g/mol. The molecule has 1 atom stereocenters. The van der Waals surface area contributed by atoms with Gasteiger partial charge in [-0.3, -0.25) is 9.78 Å². The van der Waals surface area contributed by atoms with Gasteiger partial charge in [0.15, 0.2) is 0 Å². The number of hydrogen-bond donors (Lipinski definition) is 1. The third-order valence-electron chi connectivity index (χ3n) is 4.94. The van der Waals surface area contributed by atoms with E-state index in [1.807, 2.05) is 29.2 Å². The van der Waals surface area contributed by atoms with Crippen molar-refractivity contribution in [3.63, 3.8) is 0 Å². The van der Waals surface area contributed by atoms with Crippen LogP contribution in [0.25, 0.3) is 10.9 Å². The molecule has 1 aliphatic rings. The van der Waals surface area contributed by atoms with E-state index in [4.69, 9.17) is 0 Å². The van der Waals surface area contributed by atoms with Gasteiger partial charge in [-0.25, -0.2) is 9.97 Å². The van der Waals surface area contributed by atoms with Crippen molar-refractivity contribution in [2.45, 2.75) is 25.3 Å². The van der Waals surface area contributed by atoms with Crippen LogP contribution >= 0.6 is 31.9 Å². The molecule has 2 aromatic heterocycles. The standard InChI is InChI=1S/C20H19Br2N5O/c21-13-4-5-18-17(9-13)16(6-7-23-18)19(28)27-8-2-1-3-15(27)12-26-20-24-10-14(22)11-25-20/h4-7,9-11,15H,1-3,8,12H2,(H,24,25,26)/t15-/m0/s1. The maximum absolute atomic E-state index is 13.4. The molecule has 0 radical (unpaired) electrons. The summed E-state index contributed by atoms with van der Waals surface area (Å²) in [5, 5.41) is 4.14. The number of piperidine rings is 1. The summed E-state index contributed by atoms with van der Waals surface area (Å²) < 4.78 is 1.77. The van der Waals surface area contributed by atoms with Crippen LogP contribution in [0.4, 0.5) is 5.95 Å². The molecule has 0 aliphatic carbocycles. The van der Waals surface area contributed by atoms with Gasteiger partial charge in [0, 0.05) is 47.6 Å². The lowest BCUT2D eigenvalue weighted by atomic mass is 9.99. The molecule has 1 aromatic carbocycles. The third-order valence-corrected chi connectivity index (χ3v) is 5.84. The van der Waals surface area contributed by atoms with E-state index in [2.05, 4.69) is 52.1 Å². The Morgan fingerprint density at radius 1 is 1.11 bits per heavy atom. The number of nitrogens with one attached hydrogen (secondary N) is 1. The van der Waals surface area contributed by atoms with Gasteiger partial charge in [-0.05, 0) is 59.5 Å². The van der Waals surface area contributed by atoms with Crippen molar-refractivity contribution in [2.75, 3.05) is 18.4 Å². The Kier molecular flexibility index (Phi) is 5.87. The molecular weight excluding hydrogens is 486 g/mol. The van der Waals surface area contributed by atoms with Crippen molar-refractivity contribution >= 4 is 54.6 Å². The van der Waals surface area contributed by atoms with Crippen molar-refractivity contribution < 1.29 is 4.79 Å². The summed E-state index contributed by atoms with van der Waals surface area (Å²) >= 11 is 6.84. The molecule has 1 saturated heterocycles. The number of benzene rings is 1. The molecule has 3 aromatic rings. The van der Waals surface area contributed by atoms with Crippen LogP contribution in [0, 0.1) is 0 Å². The second-order valence-electron chi connectivity index (χ2n) is 6.77. The molecule has 1 fully saturated rings. The van der Waals surface area contributed by atoms with E-state index in [-0.39, 0.29) is 11.9 Å². The van der Waals surface area contributed by atoms with Crippen molar-refractivity contribution in [3.05, 3.63) is 57.4 Å². The lowest BCUT2D eigenvalue weighted by Gasteiger charge is -2.36. The van der Waals surface area contributed by atoms with E-state index < -0.39 is 0 Å². The molecule has 1 N–H and O–H groups in total. The number of fused-ring (bicyclic) bond motifs is 1. The average molecular weight is 505 g/mol. The first-order valence-corrected chi connectivity index (χ1v) is 10.8. The highest BCUT2D eigenvalue weighted by atomic mass is 79.9. The first-order chi connectivity index (χ1) is 13.6. The number of likely N-dealkylation sites (tertiary alicyclic amines) is 1. The Bertz CT molecular complexity index is 996. The quantitative estimate of drug-likeness (QED) is 0.559. The van der Waals surface area contributed by atoms with Gasteiger partial charge < -0.3 is 10.2 Å². The van der Waals surface area contributed by atoms with E-state index in [9.17, 15) is 4.79 Å². The molecule has 1 aliphatic heterocycles. The molecule has 28 heavy (non-hydrogen) atoms. The maximum atomic E-state index is 13.4. The molecule has 6 nitrogen and oxygen atoms in total. The van der Waals surface area contributed by atoms with E-state index >= 15 is 0 Å². The fraction of sp³-hybridized carbons (Fsp3) is 0.300. The van der Waals surface area contributed by atoms with Crippen molar-refractivity contribution in [1.29, 1.82) is 0 Å². The Labute approximate surface area is 180 Å². The number of pyridine rings is 1. The normalized spacial score (nSPS) is 16.9. The highest BCUT2D eigenvalue weighted by Crippen LogP contribution is 2.26. The molecular formula is C20H19Br2N5O. The van der Waals surface area contributed by atoms with Gasteiger partial charge >= 0.3 is 0 Å². The first-order valence-electron chi connectivity index (χ1n) is 9.18. The highest BCUT2D eigenvalue weighted by molar-refractivity contribution is 9.10. The number of anilines is 1. The number of hydrogen-bond acceptors (Lipinski definition) is 5. The van der Waals surface area contributed by atoms with Gasteiger partial charge in [-0.2, -0.15) is 0 Å². The molecule has 0 spiro atoms. The third kappa shape index (κ3) is 4.17. The van der Waals surface area contributed by atoms with Crippen LogP contribution < -0.4 is 5.32 Å². The Morgan fingerprint density at radius 2 is 1.93 bits per heavy atom. The SMILES string of the molecule is O=C(c1ccnc2ccc(Br)cc12)N1CCCC[C@H]1CNc1ncc(Br)cn1. The average Bonchev–Trinajstić information content (AvgIpc) is 2.72. The van der Waals surface area contributed by atoms with Crippen LogP contribution in [0.15, 0.2) is 51.8 Å². The molecule has 3 heterocycles. The topological polar surface area (TPSA) is 71.0 Å². The zero-order chi connectivity index (χ0) is 19.5. The molecule has 0 bridgehead atoms. The highest BCUT2D eigenvalue weighted by Gasteiger charge is 2.28. The van der Waals surface area contributed by atoms with E-state index in [0.29, 0.717) is 18.1 Å². The van der Waals surface area contributed by atoms with Gasteiger partial charge in [0.05, 0.1) is 15.6 Å². The van der Waals surface area contributed by atoms with Gasteiger partial charge in [0.2, 0.25) is 5.95 Å². The van der Waals surface area contributed by atoms with Crippen molar-refractivity contribution in [2.24, 2.45) is 0 Å². The number of halogens is 2. The summed E-state index contributed by atoms with van der Waals surface area (Å²) in [6, 6.07) is 7.74. The van der Waals surface area contributed by atoms with Crippen LogP contribution in [0.3, 0.4) is 0 Å². The van der Waals surface area contributed by atoms with Gasteiger partial charge in [-0.1, -0.05) is 15.9 Å². The molecule has 144 valence electrons. The van der Waals surface area contributed by atoms with Gasteiger partial charge in [0.1, 0.15) is 0 Å². The minimum absolute atomic E-state index is 0.0497. The van der Waals surface area contributed by atoms with Crippen LogP contribution in [0.5, 0.6) is 0 Å². The smallest absolute Gasteiger partial charge is 0.254 e.